The van der Waals surface area contributed by atoms with E-state index in [0.29, 0.717) is 11.6 Å². The van der Waals surface area contributed by atoms with Crippen molar-refractivity contribution in [1.82, 2.24) is 4.90 Å². The number of halogens is 2. The molecule has 6 nitrogen and oxygen atoms in total. The zero-order valence-electron chi connectivity index (χ0n) is 18.3. The number of sulfonamides is 1. The summed E-state index contributed by atoms with van der Waals surface area (Å²) in [6, 6.07) is 20.2. The molecule has 1 unspecified atom stereocenters. The van der Waals surface area contributed by atoms with Crippen LogP contribution in [0.15, 0.2) is 83.8 Å². The number of rotatable bonds is 8. The second-order valence-electron chi connectivity index (χ2n) is 7.90. The normalized spacial score (nSPS) is 15.9. The van der Waals surface area contributed by atoms with E-state index in [1.807, 2.05) is 0 Å². The predicted octanol–water partition coefficient (Wildman–Crippen LogP) is 5.36. The molecule has 0 aliphatic carbocycles. The Balaban J connectivity index is 1.48. The van der Waals surface area contributed by atoms with Gasteiger partial charge in [-0.05, 0) is 66.9 Å². The zero-order chi connectivity index (χ0) is 24.1. The van der Waals surface area contributed by atoms with Crippen LogP contribution < -0.4 is 4.47 Å². The summed E-state index contributed by atoms with van der Waals surface area (Å²) in [5, 5.41) is 0.455. The smallest absolute Gasteiger partial charge is 0.286 e. The molecule has 0 spiro atoms. The van der Waals surface area contributed by atoms with Gasteiger partial charge in [-0.2, -0.15) is 8.42 Å². The van der Waals surface area contributed by atoms with Crippen LogP contribution in [0.4, 0.5) is 10.1 Å². The largest absolute Gasteiger partial charge is 0.336 e. The summed E-state index contributed by atoms with van der Waals surface area (Å²) >= 11 is 5.96. The van der Waals surface area contributed by atoms with Crippen LogP contribution in [-0.4, -0.2) is 32.4 Å². The van der Waals surface area contributed by atoms with Gasteiger partial charge in [-0.1, -0.05) is 41.9 Å². The minimum Gasteiger partial charge on any atom is -0.336 e. The van der Waals surface area contributed by atoms with Crippen molar-refractivity contribution in [1.29, 1.82) is 0 Å². The lowest BCUT2D eigenvalue weighted by Gasteiger charge is -2.26. The molecular formula is C25H24ClFN2O4S. The second-order valence-corrected chi connectivity index (χ2v) is 10.1. The Morgan fingerprint density at radius 2 is 1.71 bits per heavy atom. The fraction of sp³-hybridized carbons (Fsp3) is 0.240. The van der Waals surface area contributed by atoms with Gasteiger partial charge in [-0.15, -0.1) is 4.47 Å². The van der Waals surface area contributed by atoms with Gasteiger partial charge in [0.05, 0.1) is 29.7 Å². The van der Waals surface area contributed by atoms with Gasteiger partial charge in [-0.3, -0.25) is 9.63 Å². The van der Waals surface area contributed by atoms with Gasteiger partial charge in [0.15, 0.2) is 0 Å². The Bertz CT molecular complexity index is 1220. The van der Waals surface area contributed by atoms with E-state index in [-0.39, 0.29) is 41.4 Å². The zero-order valence-corrected chi connectivity index (χ0v) is 19.9. The average molecular weight is 503 g/mol. The molecule has 1 heterocycles. The molecule has 4 rings (SSSR count). The molecule has 1 aliphatic rings. The summed E-state index contributed by atoms with van der Waals surface area (Å²) in [5.74, 6) is -0.477. The molecule has 9 heteroatoms. The molecule has 0 radical (unpaired) electrons. The fourth-order valence-corrected chi connectivity index (χ4v) is 5.42. The number of carbonyl (C=O) groups excluding carboxylic acids is 1. The Morgan fingerprint density at radius 1 is 1.03 bits per heavy atom. The molecule has 1 fully saturated rings. The van der Waals surface area contributed by atoms with Gasteiger partial charge in [0.1, 0.15) is 5.82 Å². The van der Waals surface area contributed by atoms with E-state index in [9.17, 15) is 17.6 Å². The molecule has 34 heavy (non-hydrogen) atoms. The van der Waals surface area contributed by atoms with Gasteiger partial charge >= 0.3 is 0 Å². The number of hydrogen-bond acceptors (Lipinski definition) is 4. The molecule has 0 N–H and O–H groups in total. The summed E-state index contributed by atoms with van der Waals surface area (Å²) in [7, 11) is -4.03. The van der Waals surface area contributed by atoms with Crippen molar-refractivity contribution in [3.05, 3.63) is 95.3 Å². The number of nitrogens with zero attached hydrogens (tertiary/aromatic N) is 2. The van der Waals surface area contributed by atoms with E-state index in [2.05, 4.69) is 0 Å². The van der Waals surface area contributed by atoms with E-state index in [4.69, 9.17) is 16.4 Å². The van der Waals surface area contributed by atoms with E-state index < -0.39 is 10.0 Å². The highest BCUT2D eigenvalue weighted by molar-refractivity contribution is 7.92. The second kappa shape index (κ2) is 10.5. The molecule has 3 aromatic rings. The van der Waals surface area contributed by atoms with E-state index in [1.165, 1.54) is 36.4 Å². The molecule has 1 amide bonds. The van der Waals surface area contributed by atoms with Gasteiger partial charge in [0, 0.05) is 11.6 Å². The van der Waals surface area contributed by atoms with Crippen molar-refractivity contribution < 1.29 is 22.4 Å². The first-order chi connectivity index (χ1) is 16.4. The van der Waals surface area contributed by atoms with Crippen molar-refractivity contribution in [3.8, 4) is 0 Å². The summed E-state index contributed by atoms with van der Waals surface area (Å²) in [4.78, 5) is 20.5. The Morgan fingerprint density at radius 3 is 2.38 bits per heavy atom. The van der Waals surface area contributed by atoms with E-state index >= 15 is 0 Å². The highest BCUT2D eigenvalue weighted by atomic mass is 35.5. The number of likely N-dealkylation sites (tertiary alicyclic amines) is 1. The Labute approximate surface area is 203 Å². The van der Waals surface area contributed by atoms with Crippen LogP contribution in [0.3, 0.4) is 0 Å². The maximum Gasteiger partial charge on any atom is 0.286 e. The van der Waals surface area contributed by atoms with Crippen LogP contribution in [-0.2, 0) is 19.7 Å². The van der Waals surface area contributed by atoms with Gasteiger partial charge in [0.2, 0.25) is 5.91 Å². The number of amides is 1. The molecular weight excluding hydrogens is 479 g/mol. The predicted molar refractivity (Wildman–Crippen MR) is 128 cm³/mol. The first kappa shape index (κ1) is 24.2. The van der Waals surface area contributed by atoms with Gasteiger partial charge < -0.3 is 4.90 Å². The molecule has 1 aliphatic heterocycles. The van der Waals surface area contributed by atoms with E-state index in [1.54, 1.807) is 47.4 Å². The van der Waals surface area contributed by atoms with Crippen molar-refractivity contribution in [3.63, 3.8) is 0 Å². The van der Waals surface area contributed by atoms with E-state index in [0.717, 1.165) is 22.9 Å². The molecule has 178 valence electrons. The molecule has 1 atom stereocenters. The lowest BCUT2D eigenvalue weighted by molar-refractivity contribution is -0.133. The maximum atomic E-state index is 13.3. The summed E-state index contributed by atoms with van der Waals surface area (Å²) < 4.78 is 40.6. The molecule has 3 aromatic carbocycles. The monoisotopic (exact) mass is 502 g/mol. The van der Waals surface area contributed by atoms with Crippen molar-refractivity contribution in [2.24, 2.45) is 0 Å². The van der Waals surface area contributed by atoms with Crippen LogP contribution in [0, 0.1) is 5.82 Å². The third-order valence-corrected chi connectivity index (χ3v) is 7.52. The lowest BCUT2D eigenvalue weighted by Crippen LogP contribution is -2.35. The van der Waals surface area contributed by atoms with Gasteiger partial charge in [-0.25, -0.2) is 4.39 Å². The first-order valence-corrected chi connectivity index (χ1v) is 12.7. The summed E-state index contributed by atoms with van der Waals surface area (Å²) in [5.41, 5.74) is 1.15. The van der Waals surface area contributed by atoms with Gasteiger partial charge in [0.25, 0.3) is 10.0 Å². The third-order valence-electron chi connectivity index (χ3n) is 5.65. The number of benzene rings is 3. The summed E-state index contributed by atoms with van der Waals surface area (Å²) in [6.07, 6.45) is 1.62. The lowest BCUT2D eigenvalue weighted by atomic mass is 10.0. The average Bonchev–Trinajstić information content (AvgIpc) is 3.33. The third kappa shape index (κ3) is 5.41. The van der Waals surface area contributed by atoms with Crippen LogP contribution in [0.1, 0.15) is 30.9 Å². The summed E-state index contributed by atoms with van der Waals surface area (Å²) in [6.45, 7) is 0.449. The minimum absolute atomic E-state index is 0.00784. The highest BCUT2D eigenvalue weighted by Gasteiger charge is 2.31. The number of carbonyl (C=O) groups is 1. The number of anilines is 1. The van der Waals surface area contributed by atoms with Crippen LogP contribution in [0.5, 0.6) is 0 Å². The molecule has 0 aromatic heterocycles. The standard InChI is InChI=1S/C25H24ClFN2O4S/c26-20-10-14-22(15-11-20)29(34(31,32)23-5-2-1-3-6-23)33-18-16-25(30)28-17-4-7-24(28)19-8-12-21(27)13-9-19/h1-3,5-6,8-15,24H,4,7,16-18H2. The first-order valence-electron chi connectivity index (χ1n) is 10.9. The van der Waals surface area contributed by atoms with Crippen molar-refractivity contribution in [2.45, 2.75) is 30.2 Å². The quantitative estimate of drug-likeness (QED) is 0.389. The van der Waals surface area contributed by atoms with Crippen LogP contribution >= 0.6 is 11.6 Å². The van der Waals surface area contributed by atoms with Crippen molar-refractivity contribution in [2.75, 3.05) is 17.6 Å². The maximum absolute atomic E-state index is 13.3. The Hall–Kier alpha value is -2.94. The fourth-order valence-electron chi connectivity index (χ4n) is 3.99. The minimum atomic E-state index is -4.03. The topological polar surface area (TPSA) is 66.9 Å². The molecule has 1 saturated heterocycles. The highest BCUT2D eigenvalue weighted by Crippen LogP contribution is 2.32. The number of hydrogen-bond donors (Lipinski definition) is 0. The van der Waals surface area contributed by atoms with Crippen LogP contribution in [0.2, 0.25) is 5.02 Å². The SMILES string of the molecule is O=C(CCON(c1ccc(Cl)cc1)S(=O)(=O)c1ccccc1)N1CCCC1c1ccc(F)cc1. The van der Waals surface area contributed by atoms with Crippen LogP contribution in [0.25, 0.3) is 0 Å². The van der Waals surface area contributed by atoms with Crippen molar-refractivity contribution >= 4 is 33.2 Å². The Kier molecular flexibility index (Phi) is 7.50. The molecule has 0 bridgehead atoms. The molecule has 0 saturated carbocycles.